The Labute approximate surface area is 140 Å². The van der Waals surface area contributed by atoms with Gasteiger partial charge in [-0.15, -0.1) is 11.3 Å². The Morgan fingerprint density at radius 2 is 1.74 bits per heavy atom. The molecule has 9 heteroatoms. The standard InChI is InChI=1S/C14H18N2O4S3/c1-9-13(16-10(2)21-9)8-15-12-6-5-11(22(3,17)18)7-14(12)23(4,19)20/h5-7,15H,8H2,1-4H3. The number of hydrogen-bond donors (Lipinski definition) is 1. The predicted octanol–water partition coefficient (Wildman–Crippen LogP) is 2.18. The van der Waals surface area contributed by atoms with Crippen LogP contribution in [0.25, 0.3) is 0 Å². The molecule has 0 spiro atoms. The topological polar surface area (TPSA) is 93.2 Å². The third kappa shape index (κ3) is 4.30. The molecule has 1 aromatic heterocycles. The number of thiazole rings is 1. The highest BCUT2D eigenvalue weighted by atomic mass is 32.2. The second-order valence-electron chi connectivity index (χ2n) is 5.29. The summed E-state index contributed by atoms with van der Waals surface area (Å²) in [4.78, 5) is 5.38. The smallest absolute Gasteiger partial charge is 0.177 e. The largest absolute Gasteiger partial charge is 0.378 e. The molecule has 0 aliphatic heterocycles. The molecular formula is C14H18N2O4S3. The van der Waals surface area contributed by atoms with Crippen LogP contribution in [-0.2, 0) is 26.2 Å². The van der Waals surface area contributed by atoms with Crippen molar-refractivity contribution in [1.82, 2.24) is 4.98 Å². The fourth-order valence-electron chi connectivity index (χ4n) is 2.10. The van der Waals surface area contributed by atoms with Gasteiger partial charge in [0.05, 0.1) is 32.7 Å². The summed E-state index contributed by atoms with van der Waals surface area (Å²) >= 11 is 1.57. The molecule has 0 saturated heterocycles. The highest BCUT2D eigenvalue weighted by molar-refractivity contribution is 7.91. The molecule has 2 rings (SSSR count). The number of anilines is 1. The molecule has 1 aromatic carbocycles. The van der Waals surface area contributed by atoms with Crippen molar-refractivity contribution in [2.75, 3.05) is 17.8 Å². The number of hydrogen-bond acceptors (Lipinski definition) is 7. The Hall–Kier alpha value is -1.45. The van der Waals surface area contributed by atoms with Crippen molar-refractivity contribution >= 4 is 36.7 Å². The van der Waals surface area contributed by atoms with Crippen LogP contribution < -0.4 is 5.32 Å². The Morgan fingerprint density at radius 1 is 1.09 bits per heavy atom. The van der Waals surface area contributed by atoms with Gasteiger partial charge in [0.25, 0.3) is 0 Å². The first-order valence-corrected chi connectivity index (χ1v) is 11.3. The lowest BCUT2D eigenvalue weighted by atomic mass is 10.3. The molecule has 0 aliphatic rings. The zero-order valence-corrected chi connectivity index (χ0v) is 15.7. The van der Waals surface area contributed by atoms with Gasteiger partial charge in [-0.1, -0.05) is 0 Å². The third-order valence-corrected chi connectivity index (χ3v) is 6.40. The minimum Gasteiger partial charge on any atom is -0.378 e. The maximum Gasteiger partial charge on any atom is 0.177 e. The lowest BCUT2D eigenvalue weighted by molar-refractivity contribution is 0.600. The maximum absolute atomic E-state index is 12.0. The van der Waals surface area contributed by atoms with Gasteiger partial charge in [0.2, 0.25) is 0 Å². The number of sulfone groups is 2. The van der Waals surface area contributed by atoms with E-state index in [0.717, 1.165) is 28.1 Å². The molecular weight excluding hydrogens is 356 g/mol. The van der Waals surface area contributed by atoms with E-state index in [-0.39, 0.29) is 9.79 Å². The van der Waals surface area contributed by atoms with Gasteiger partial charge in [0.15, 0.2) is 19.7 Å². The Bertz CT molecular complexity index is 944. The average Bonchev–Trinajstić information content (AvgIpc) is 2.72. The summed E-state index contributed by atoms with van der Waals surface area (Å²) in [6, 6.07) is 4.05. The monoisotopic (exact) mass is 374 g/mol. The first-order chi connectivity index (χ1) is 10.5. The van der Waals surface area contributed by atoms with Crippen LogP contribution in [0.1, 0.15) is 15.6 Å². The third-order valence-electron chi connectivity index (χ3n) is 3.23. The Kier molecular flexibility index (Phi) is 4.84. The number of nitrogens with one attached hydrogen (secondary N) is 1. The summed E-state index contributed by atoms with van der Waals surface area (Å²) in [6.07, 6.45) is 2.10. The van der Waals surface area contributed by atoms with E-state index in [9.17, 15) is 16.8 Å². The van der Waals surface area contributed by atoms with Crippen LogP contribution in [0.2, 0.25) is 0 Å². The first kappa shape index (κ1) is 17.9. The predicted molar refractivity (Wildman–Crippen MR) is 91.6 cm³/mol. The zero-order chi connectivity index (χ0) is 17.4. The first-order valence-electron chi connectivity index (χ1n) is 6.69. The van der Waals surface area contributed by atoms with Crippen LogP contribution in [0.5, 0.6) is 0 Å². The van der Waals surface area contributed by atoms with E-state index in [4.69, 9.17) is 0 Å². The number of nitrogens with zero attached hydrogens (tertiary/aromatic N) is 1. The van der Waals surface area contributed by atoms with Gasteiger partial charge in [-0.25, -0.2) is 21.8 Å². The van der Waals surface area contributed by atoms with E-state index < -0.39 is 19.7 Å². The number of aryl methyl sites for hydroxylation is 2. The maximum atomic E-state index is 12.0. The molecule has 6 nitrogen and oxygen atoms in total. The fourth-order valence-corrected chi connectivity index (χ4v) is 4.54. The minimum atomic E-state index is -3.57. The second kappa shape index (κ2) is 6.21. The summed E-state index contributed by atoms with van der Waals surface area (Å²) in [5.41, 5.74) is 1.21. The summed E-state index contributed by atoms with van der Waals surface area (Å²) in [5, 5.41) is 3.98. The van der Waals surface area contributed by atoms with Crippen molar-refractivity contribution < 1.29 is 16.8 Å². The van der Waals surface area contributed by atoms with Crippen LogP contribution in [0.3, 0.4) is 0 Å². The van der Waals surface area contributed by atoms with Crippen molar-refractivity contribution in [1.29, 1.82) is 0 Å². The highest BCUT2D eigenvalue weighted by Gasteiger charge is 2.18. The molecule has 0 fully saturated rings. The lowest BCUT2D eigenvalue weighted by Gasteiger charge is -2.12. The molecule has 0 saturated carbocycles. The molecule has 1 N–H and O–H groups in total. The van der Waals surface area contributed by atoms with Crippen LogP contribution in [0.4, 0.5) is 5.69 Å². The van der Waals surface area contributed by atoms with Crippen molar-refractivity contribution in [3.05, 3.63) is 33.8 Å². The number of aromatic nitrogens is 1. The second-order valence-corrected chi connectivity index (χ2v) is 10.7. The van der Waals surface area contributed by atoms with E-state index in [2.05, 4.69) is 10.3 Å². The van der Waals surface area contributed by atoms with Crippen LogP contribution in [0, 0.1) is 13.8 Å². The van der Waals surface area contributed by atoms with Crippen molar-refractivity contribution in [3.8, 4) is 0 Å². The fraction of sp³-hybridized carbons (Fsp3) is 0.357. The quantitative estimate of drug-likeness (QED) is 0.862. The molecule has 1 heterocycles. The van der Waals surface area contributed by atoms with Crippen molar-refractivity contribution in [2.45, 2.75) is 30.2 Å². The molecule has 2 aromatic rings. The van der Waals surface area contributed by atoms with E-state index in [1.54, 1.807) is 11.3 Å². The van der Waals surface area contributed by atoms with Gasteiger partial charge in [-0.05, 0) is 32.0 Å². The van der Waals surface area contributed by atoms with E-state index in [0.29, 0.717) is 12.2 Å². The van der Waals surface area contributed by atoms with Crippen molar-refractivity contribution in [2.24, 2.45) is 0 Å². The van der Waals surface area contributed by atoms with Crippen LogP contribution in [-0.4, -0.2) is 34.3 Å². The van der Waals surface area contributed by atoms with Gasteiger partial charge in [-0.3, -0.25) is 0 Å². The summed E-state index contributed by atoms with van der Waals surface area (Å²) in [7, 11) is -7.05. The van der Waals surface area contributed by atoms with E-state index in [1.807, 2.05) is 13.8 Å². The molecule has 0 bridgehead atoms. The van der Waals surface area contributed by atoms with E-state index >= 15 is 0 Å². The van der Waals surface area contributed by atoms with Gasteiger partial charge in [-0.2, -0.15) is 0 Å². The van der Waals surface area contributed by atoms with Gasteiger partial charge in [0.1, 0.15) is 0 Å². The molecule has 0 unspecified atom stereocenters. The van der Waals surface area contributed by atoms with Gasteiger partial charge in [0, 0.05) is 17.4 Å². The number of rotatable bonds is 5. The van der Waals surface area contributed by atoms with Crippen LogP contribution >= 0.6 is 11.3 Å². The summed E-state index contributed by atoms with van der Waals surface area (Å²) < 4.78 is 47.2. The van der Waals surface area contributed by atoms with Crippen molar-refractivity contribution in [3.63, 3.8) is 0 Å². The van der Waals surface area contributed by atoms with E-state index in [1.165, 1.54) is 18.2 Å². The SMILES string of the molecule is Cc1nc(CNc2ccc(S(C)(=O)=O)cc2S(C)(=O)=O)c(C)s1. The molecule has 0 atom stereocenters. The Balaban J connectivity index is 2.40. The zero-order valence-electron chi connectivity index (χ0n) is 13.2. The molecule has 0 amide bonds. The minimum absolute atomic E-state index is 0.0239. The van der Waals surface area contributed by atoms with Crippen LogP contribution in [0.15, 0.2) is 28.0 Å². The summed E-state index contributed by atoms with van der Waals surface area (Å²) in [5.74, 6) is 0. The molecule has 23 heavy (non-hydrogen) atoms. The normalized spacial score (nSPS) is 12.3. The lowest BCUT2D eigenvalue weighted by Crippen LogP contribution is -2.09. The number of benzene rings is 1. The molecule has 0 aliphatic carbocycles. The highest BCUT2D eigenvalue weighted by Crippen LogP contribution is 2.26. The Morgan fingerprint density at radius 3 is 2.22 bits per heavy atom. The average molecular weight is 375 g/mol. The van der Waals surface area contributed by atoms with Gasteiger partial charge >= 0.3 is 0 Å². The molecule has 126 valence electrons. The van der Waals surface area contributed by atoms with Gasteiger partial charge < -0.3 is 5.32 Å². The summed E-state index contributed by atoms with van der Waals surface area (Å²) in [6.45, 7) is 4.23. The molecule has 0 radical (unpaired) electrons.